The smallest absolute Gasteiger partial charge is 0.208 e. The van der Waals surface area contributed by atoms with Crippen LogP contribution in [0.1, 0.15) is 33.8 Å². The molecule has 0 saturated heterocycles. The molecule has 0 amide bonds. The van der Waals surface area contributed by atoms with Gasteiger partial charge in [0.1, 0.15) is 0 Å². The van der Waals surface area contributed by atoms with Crippen molar-refractivity contribution in [3.05, 3.63) is 39.9 Å². The van der Waals surface area contributed by atoms with Crippen LogP contribution in [0.3, 0.4) is 0 Å². The summed E-state index contributed by atoms with van der Waals surface area (Å²) in [5, 5.41) is 49.0. The number of halogens is 1. The highest BCUT2D eigenvalue weighted by atomic mass is 35.5. The van der Waals surface area contributed by atoms with Gasteiger partial charge >= 0.3 is 0 Å². The first kappa shape index (κ1) is 14.3. The lowest BCUT2D eigenvalue weighted by atomic mass is 9.90. The molecule has 1 atom stereocenters. The Kier molecular flexibility index (Phi) is 3.07. The summed E-state index contributed by atoms with van der Waals surface area (Å²) in [4.78, 5) is 12.1. The van der Waals surface area contributed by atoms with Crippen molar-refractivity contribution < 1.29 is 30.3 Å². The summed E-state index contributed by atoms with van der Waals surface area (Å²) in [6.07, 6.45) is -0.0690. The first-order chi connectivity index (χ1) is 10.3. The van der Waals surface area contributed by atoms with Crippen molar-refractivity contribution in [3.8, 4) is 28.7 Å². The third-order valence-corrected chi connectivity index (χ3v) is 4.07. The Hall–Kier alpha value is -2.60. The van der Waals surface area contributed by atoms with E-state index in [1.165, 1.54) is 6.07 Å². The lowest BCUT2D eigenvalue weighted by molar-refractivity contribution is 0.0991. The van der Waals surface area contributed by atoms with E-state index in [-0.39, 0.29) is 17.8 Å². The maximum Gasteiger partial charge on any atom is 0.208 e. The van der Waals surface area contributed by atoms with Gasteiger partial charge in [-0.05, 0) is 17.7 Å². The van der Waals surface area contributed by atoms with Crippen molar-refractivity contribution in [2.45, 2.75) is 12.3 Å². The number of aromatic hydroxyl groups is 5. The zero-order chi connectivity index (χ0) is 16.2. The molecule has 3 rings (SSSR count). The maximum absolute atomic E-state index is 12.1. The van der Waals surface area contributed by atoms with Crippen LogP contribution in [0.2, 0.25) is 5.02 Å². The normalized spacial score (nSPS) is 16.8. The molecule has 0 saturated carbocycles. The van der Waals surface area contributed by atoms with Crippen LogP contribution in [-0.2, 0) is 0 Å². The average Bonchev–Trinajstić information content (AvgIpc) is 2.80. The van der Waals surface area contributed by atoms with Gasteiger partial charge in [-0.15, -0.1) is 0 Å². The third-order valence-electron chi connectivity index (χ3n) is 3.84. The highest BCUT2D eigenvalue weighted by Gasteiger charge is 2.37. The van der Waals surface area contributed by atoms with Crippen LogP contribution in [0.5, 0.6) is 28.7 Å². The van der Waals surface area contributed by atoms with E-state index >= 15 is 0 Å². The first-order valence-corrected chi connectivity index (χ1v) is 6.72. The third kappa shape index (κ3) is 1.84. The number of Topliss-reactive ketones (excluding diaryl/α,β-unsaturated/α-hetero) is 1. The molecule has 0 radical (unpaired) electrons. The SMILES string of the molecule is O=C1CC(c2c(O)c(O)c(O)c(O)c2O)c2ccc(Cl)cc21. The molecule has 0 heterocycles. The monoisotopic (exact) mass is 322 g/mol. The van der Waals surface area contributed by atoms with E-state index in [0.717, 1.165) is 0 Å². The fourth-order valence-corrected chi connectivity index (χ4v) is 2.94. The molecule has 7 heteroatoms. The summed E-state index contributed by atoms with van der Waals surface area (Å²) in [6, 6.07) is 4.61. The molecule has 0 aliphatic heterocycles. The van der Waals surface area contributed by atoms with Crippen molar-refractivity contribution in [3.63, 3.8) is 0 Å². The zero-order valence-corrected chi connectivity index (χ0v) is 11.8. The van der Waals surface area contributed by atoms with Gasteiger partial charge in [0, 0.05) is 22.9 Å². The van der Waals surface area contributed by atoms with E-state index in [1.54, 1.807) is 12.1 Å². The molecular formula is C15H11ClO6. The summed E-state index contributed by atoms with van der Waals surface area (Å²) in [6.45, 7) is 0. The number of carbonyl (C=O) groups is 1. The zero-order valence-electron chi connectivity index (χ0n) is 11.0. The van der Waals surface area contributed by atoms with E-state index in [1.807, 2.05) is 0 Å². The second kappa shape index (κ2) is 4.71. The van der Waals surface area contributed by atoms with Crippen molar-refractivity contribution in [1.82, 2.24) is 0 Å². The molecular weight excluding hydrogens is 312 g/mol. The van der Waals surface area contributed by atoms with Crippen LogP contribution in [0.4, 0.5) is 0 Å². The van der Waals surface area contributed by atoms with Gasteiger partial charge in [0.15, 0.2) is 17.3 Å². The van der Waals surface area contributed by atoms with Gasteiger partial charge < -0.3 is 25.5 Å². The van der Waals surface area contributed by atoms with Gasteiger partial charge in [0.25, 0.3) is 0 Å². The number of fused-ring (bicyclic) bond motifs is 1. The fourth-order valence-electron chi connectivity index (χ4n) is 2.77. The van der Waals surface area contributed by atoms with E-state index < -0.39 is 34.7 Å². The van der Waals surface area contributed by atoms with E-state index in [4.69, 9.17) is 11.6 Å². The Morgan fingerprint density at radius 1 is 0.909 bits per heavy atom. The van der Waals surface area contributed by atoms with Crippen LogP contribution in [0.15, 0.2) is 18.2 Å². The predicted octanol–water partition coefficient (Wildman–Crippen LogP) is 2.59. The number of ketones is 1. The van der Waals surface area contributed by atoms with Gasteiger partial charge in [-0.25, -0.2) is 0 Å². The minimum Gasteiger partial charge on any atom is -0.504 e. The van der Waals surface area contributed by atoms with Gasteiger partial charge in [-0.2, -0.15) is 0 Å². The number of benzene rings is 2. The molecule has 0 aromatic heterocycles. The maximum atomic E-state index is 12.1. The van der Waals surface area contributed by atoms with Crippen molar-refractivity contribution >= 4 is 17.4 Å². The summed E-state index contributed by atoms with van der Waals surface area (Å²) in [5.41, 5.74) is 0.634. The Morgan fingerprint density at radius 3 is 2.05 bits per heavy atom. The lowest BCUT2D eigenvalue weighted by Gasteiger charge is -2.17. The number of carbonyl (C=O) groups excluding carboxylic acids is 1. The van der Waals surface area contributed by atoms with Crippen LogP contribution in [-0.4, -0.2) is 31.3 Å². The highest BCUT2D eigenvalue weighted by Crippen LogP contribution is 2.56. The number of rotatable bonds is 1. The summed E-state index contributed by atoms with van der Waals surface area (Å²) < 4.78 is 0. The highest BCUT2D eigenvalue weighted by molar-refractivity contribution is 6.31. The number of hydrogen-bond acceptors (Lipinski definition) is 6. The largest absolute Gasteiger partial charge is 0.504 e. The summed E-state index contributed by atoms with van der Waals surface area (Å²) in [5.74, 6) is -5.52. The molecule has 1 aliphatic carbocycles. The van der Waals surface area contributed by atoms with Crippen LogP contribution < -0.4 is 0 Å². The van der Waals surface area contributed by atoms with Crippen LogP contribution in [0.25, 0.3) is 0 Å². The number of hydrogen-bond donors (Lipinski definition) is 5. The van der Waals surface area contributed by atoms with Crippen molar-refractivity contribution in [2.24, 2.45) is 0 Å². The lowest BCUT2D eigenvalue weighted by Crippen LogP contribution is -1.99. The molecule has 1 unspecified atom stereocenters. The molecule has 2 aromatic rings. The molecule has 5 N–H and O–H groups in total. The van der Waals surface area contributed by atoms with E-state index in [9.17, 15) is 30.3 Å². The van der Waals surface area contributed by atoms with E-state index in [0.29, 0.717) is 16.1 Å². The second-order valence-electron chi connectivity index (χ2n) is 5.07. The Balaban J connectivity index is 2.26. The van der Waals surface area contributed by atoms with E-state index in [2.05, 4.69) is 0 Å². The van der Waals surface area contributed by atoms with Crippen molar-refractivity contribution in [2.75, 3.05) is 0 Å². The van der Waals surface area contributed by atoms with Gasteiger partial charge in [-0.3, -0.25) is 4.79 Å². The van der Waals surface area contributed by atoms with Gasteiger partial charge in [0.05, 0.1) is 5.56 Å². The predicted molar refractivity (Wildman–Crippen MR) is 77.0 cm³/mol. The minimum absolute atomic E-state index is 0.0690. The van der Waals surface area contributed by atoms with Crippen molar-refractivity contribution in [1.29, 1.82) is 0 Å². The fraction of sp³-hybridized carbons (Fsp3) is 0.133. The molecule has 0 bridgehead atoms. The number of phenols is 5. The Morgan fingerprint density at radius 2 is 1.45 bits per heavy atom. The molecule has 22 heavy (non-hydrogen) atoms. The first-order valence-electron chi connectivity index (χ1n) is 6.34. The number of phenolic OH excluding ortho intramolecular Hbond substituents is 5. The molecule has 114 valence electrons. The topological polar surface area (TPSA) is 118 Å². The molecule has 2 aromatic carbocycles. The van der Waals surface area contributed by atoms with Gasteiger partial charge in [-0.1, -0.05) is 17.7 Å². The summed E-state index contributed by atoms with van der Waals surface area (Å²) >= 11 is 5.85. The standard InChI is InChI=1S/C15H11ClO6/c16-5-1-2-6-7(3-5)9(17)4-8(6)10-11(18)13(20)15(22)14(21)12(10)19/h1-3,8,18-22H,4H2. The Labute approximate surface area is 129 Å². The molecule has 0 spiro atoms. The molecule has 1 aliphatic rings. The second-order valence-corrected chi connectivity index (χ2v) is 5.50. The molecule has 6 nitrogen and oxygen atoms in total. The minimum atomic E-state index is -1.03. The Bertz CT molecular complexity index is 785. The van der Waals surface area contributed by atoms with Crippen LogP contribution in [0, 0.1) is 0 Å². The molecule has 0 fully saturated rings. The average molecular weight is 323 g/mol. The van der Waals surface area contributed by atoms with Crippen LogP contribution >= 0.6 is 11.6 Å². The summed E-state index contributed by atoms with van der Waals surface area (Å²) in [7, 11) is 0. The quantitative estimate of drug-likeness (QED) is 0.407. The van der Waals surface area contributed by atoms with Gasteiger partial charge in [0.2, 0.25) is 17.2 Å².